The number of rotatable bonds is 6. The van der Waals surface area contributed by atoms with Crippen molar-refractivity contribution in [3.05, 3.63) is 11.8 Å². The third kappa shape index (κ3) is 8.16. The van der Waals surface area contributed by atoms with Crippen LogP contribution in [0.2, 0.25) is 0 Å². The van der Waals surface area contributed by atoms with Crippen LogP contribution in [0.5, 0.6) is 0 Å². The van der Waals surface area contributed by atoms with E-state index in [9.17, 15) is 10.2 Å². The Morgan fingerprint density at radius 1 is 0.917 bits per heavy atom. The summed E-state index contributed by atoms with van der Waals surface area (Å²) in [4.78, 5) is 6.80. The molecule has 0 aliphatic carbocycles. The molecule has 0 amide bonds. The molecule has 2 aliphatic heterocycles. The molecular weight excluding hydrogens is 350 g/mol. The third-order valence-electron chi connectivity index (χ3n) is 4.22. The van der Waals surface area contributed by atoms with Gasteiger partial charge >= 0.3 is 17.1 Å². The Kier molecular flexibility index (Phi) is 10.2. The van der Waals surface area contributed by atoms with Crippen LogP contribution in [-0.2, 0) is 17.1 Å². The Balaban J connectivity index is 0.00000288. The summed E-state index contributed by atoms with van der Waals surface area (Å²) < 4.78 is 0. The summed E-state index contributed by atoms with van der Waals surface area (Å²) in [5, 5.41) is 31.2. The van der Waals surface area contributed by atoms with Crippen molar-refractivity contribution in [1.29, 1.82) is 0 Å². The van der Waals surface area contributed by atoms with E-state index in [-0.39, 0.29) is 17.1 Å². The van der Waals surface area contributed by atoms with Gasteiger partial charge in [0.15, 0.2) is 0 Å². The molecule has 2 aliphatic rings. The third-order valence-corrected chi connectivity index (χ3v) is 4.22. The van der Waals surface area contributed by atoms with Crippen molar-refractivity contribution in [3.63, 3.8) is 0 Å². The summed E-state index contributed by atoms with van der Waals surface area (Å²) in [5.74, 6) is 0. The molecule has 135 valence electrons. The summed E-state index contributed by atoms with van der Waals surface area (Å²) in [7, 11) is 0. The van der Waals surface area contributed by atoms with Crippen LogP contribution < -0.4 is 10.2 Å². The van der Waals surface area contributed by atoms with Gasteiger partial charge in [-0.15, -0.1) is 12.2 Å². The second-order valence-corrected chi connectivity index (χ2v) is 6.62. The maximum absolute atomic E-state index is 11.5. The maximum Gasteiger partial charge on any atom is 5.00 e. The van der Waals surface area contributed by atoms with Crippen LogP contribution in [0.3, 0.4) is 0 Å². The van der Waals surface area contributed by atoms with Gasteiger partial charge < -0.3 is 20.0 Å². The molecule has 0 aromatic heterocycles. The van der Waals surface area contributed by atoms with Gasteiger partial charge in [-0.05, 0) is 19.2 Å². The van der Waals surface area contributed by atoms with E-state index in [4.69, 9.17) is 0 Å². The molecule has 0 saturated carbocycles. The molecule has 0 spiro atoms. The zero-order valence-electron chi connectivity index (χ0n) is 14.7. The molecule has 2 atom stereocenters. The minimum atomic E-state index is -0.581. The Labute approximate surface area is 155 Å². The molecule has 2 heterocycles. The van der Waals surface area contributed by atoms with Gasteiger partial charge in [0.1, 0.15) is 0 Å². The summed E-state index contributed by atoms with van der Waals surface area (Å²) in [5.41, 5.74) is 1.02. The summed E-state index contributed by atoms with van der Waals surface area (Å²) in [6, 6.07) is 0. The number of hydrogen-bond donors (Lipinski definition) is 0. The first-order chi connectivity index (χ1) is 11.0. The number of azo groups is 1. The summed E-state index contributed by atoms with van der Waals surface area (Å²) in [6.07, 6.45) is 0.895. The Morgan fingerprint density at radius 2 is 1.38 bits per heavy atom. The standard InChI is InChI=1S/C16H29N5O2.Fe/c1-14(22)11-19-5-6-20(12-15(2)23)8-10-21(9-7-19)13-16-3-4-17-18-16;/h3,14-15H,4-13H2,1-2H3;/q-2;+5/t14-,15-;/m0./s1. The minimum absolute atomic E-state index is 0. The molecule has 1 fully saturated rings. The molecule has 7 nitrogen and oxygen atoms in total. The fourth-order valence-corrected chi connectivity index (χ4v) is 3.08. The monoisotopic (exact) mass is 379 g/mol. The van der Waals surface area contributed by atoms with Crippen LogP contribution in [0.25, 0.3) is 0 Å². The summed E-state index contributed by atoms with van der Waals surface area (Å²) in [6.45, 7) is 11.4. The molecule has 0 N–H and O–H groups in total. The van der Waals surface area contributed by atoms with Gasteiger partial charge in [0.2, 0.25) is 0 Å². The SMILES string of the molecule is C[C@H]([O-])CN1CCN(CC2=CCN=N2)CCN(C[C@H](C)[O-])CC1.[Fe+5]. The zero-order valence-corrected chi connectivity index (χ0v) is 15.8. The molecule has 2 rings (SSSR count). The predicted octanol–water partition coefficient (Wildman–Crippen LogP) is -1.25. The van der Waals surface area contributed by atoms with E-state index in [2.05, 4.69) is 31.0 Å². The van der Waals surface area contributed by atoms with Crippen LogP contribution in [0.1, 0.15) is 13.8 Å². The Morgan fingerprint density at radius 3 is 1.75 bits per heavy atom. The maximum atomic E-state index is 11.5. The van der Waals surface area contributed by atoms with Gasteiger partial charge in [-0.25, -0.2) is 0 Å². The first-order valence-electron chi connectivity index (χ1n) is 8.58. The molecule has 8 heteroatoms. The van der Waals surface area contributed by atoms with Gasteiger partial charge in [0.25, 0.3) is 0 Å². The molecule has 0 unspecified atom stereocenters. The first kappa shape index (κ1) is 21.7. The normalized spacial score (nSPS) is 23.8. The molecule has 24 heavy (non-hydrogen) atoms. The van der Waals surface area contributed by atoms with E-state index < -0.39 is 12.2 Å². The zero-order chi connectivity index (χ0) is 16.7. The van der Waals surface area contributed by atoms with Crippen molar-refractivity contribution in [3.8, 4) is 0 Å². The largest absolute Gasteiger partial charge is 5.00 e. The van der Waals surface area contributed by atoms with Crippen molar-refractivity contribution in [1.82, 2.24) is 14.7 Å². The molecule has 1 radical (unpaired) electrons. The fraction of sp³-hybridized carbons (Fsp3) is 0.875. The molecular formula is C16H29FeN5O2+3. The van der Waals surface area contributed by atoms with Crippen molar-refractivity contribution in [2.45, 2.75) is 26.1 Å². The fourth-order valence-electron chi connectivity index (χ4n) is 3.08. The van der Waals surface area contributed by atoms with Gasteiger partial charge in [0, 0.05) is 45.8 Å². The molecule has 0 aromatic rings. The summed E-state index contributed by atoms with van der Waals surface area (Å²) >= 11 is 0. The van der Waals surface area contributed by atoms with Gasteiger partial charge in [-0.3, -0.25) is 4.90 Å². The molecule has 0 aromatic carbocycles. The minimum Gasteiger partial charge on any atom is -0.851 e. The van der Waals surface area contributed by atoms with Gasteiger partial charge in [-0.1, -0.05) is 13.8 Å². The molecule has 1 saturated heterocycles. The second-order valence-electron chi connectivity index (χ2n) is 6.62. The van der Waals surface area contributed by atoms with Gasteiger partial charge in [0.05, 0.1) is 12.2 Å². The van der Waals surface area contributed by atoms with Crippen molar-refractivity contribution in [2.75, 3.05) is 65.4 Å². The average molecular weight is 379 g/mol. The molecule has 0 bridgehead atoms. The van der Waals surface area contributed by atoms with Crippen molar-refractivity contribution in [2.24, 2.45) is 10.2 Å². The van der Waals surface area contributed by atoms with E-state index in [1.807, 2.05) is 0 Å². The van der Waals surface area contributed by atoms with Crippen LogP contribution >= 0.6 is 0 Å². The van der Waals surface area contributed by atoms with Gasteiger partial charge in [-0.2, -0.15) is 10.2 Å². The van der Waals surface area contributed by atoms with E-state index >= 15 is 0 Å². The van der Waals surface area contributed by atoms with E-state index in [0.29, 0.717) is 19.6 Å². The van der Waals surface area contributed by atoms with Crippen molar-refractivity contribution >= 4 is 0 Å². The van der Waals surface area contributed by atoms with E-state index in [1.54, 1.807) is 13.8 Å². The van der Waals surface area contributed by atoms with E-state index in [1.165, 1.54) is 0 Å². The van der Waals surface area contributed by atoms with Crippen LogP contribution in [0, 0.1) is 0 Å². The number of hydrogen-bond acceptors (Lipinski definition) is 7. The first-order valence-corrected chi connectivity index (χ1v) is 8.58. The van der Waals surface area contributed by atoms with Crippen LogP contribution in [0.4, 0.5) is 0 Å². The van der Waals surface area contributed by atoms with E-state index in [0.717, 1.165) is 51.5 Å². The predicted molar refractivity (Wildman–Crippen MR) is 86.1 cm³/mol. The van der Waals surface area contributed by atoms with Crippen molar-refractivity contribution < 1.29 is 27.3 Å². The average Bonchev–Trinajstić information content (AvgIpc) is 2.99. The topological polar surface area (TPSA) is 80.6 Å². The Hall–Kier alpha value is -0.341. The number of nitrogens with zero attached hydrogens (tertiary/aromatic N) is 5. The smallest absolute Gasteiger partial charge is 0.851 e. The van der Waals surface area contributed by atoms with Crippen LogP contribution in [-0.4, -0.2) is 92.4 Å². The Bertz CT molecular complexity index is 395. The second kappa shape index (κ2) is 11.3. The van der Waals surface area contributed by atoms with Crippen LogP contribution in [0.15, 0.2) is 22.0 Å². The quantitative estimate of drug-likeness (QED) is 0.539.